The maximum atomic E-state index is 12.5. The topological polar surface area (TPSA) is 49.4 Å². The smallest absolute Gasteiger partial charge is 0.388 e. The summed E-state index contributed by atoms with van der Waals surface area (Å²) in [6, 6.07) is 5.59. The Morgan fingerprint density at radius 2 is 1.75 bits per heavy atom. The van der Waals surface area contributed by atoms with Gasteiger partial charge in [-0.15, -0.1) is 0 Å². The molecule has 1 aromatic carbocycles. The van der Waals surface area contributed by atoms with Gasteiger partial charge in [-0.3, -0.25) is 0 Å². The van der Waals surface area contributed by atoms with Gasteiger partial charge < -0.3 is 5.32 Å². The Morgan fingerprint density at radius 3 is 2.15 bits per heavy atom. The zero-order chi connectivity index (χ0) is 15.4. The molecular weight excluding hydrogens is 293 g/mol. The first-order chi connectivity index (χ1) is 9.20. The first kappa shape index (κ1) is 16.8. The average Bonchev–Trinajstić information content (AvgIpc) is 2.37. The molecule has 1 rings (SSSR count). The third-order valence-electron chi connectivity index (χ3n) is 2.61. The van der Waals surface area contributed by atoms with Crippen LogP contribution in [0.4, 0.5) is 18.9 Å². The van der Waals surface area contributed by atoms with E-state index in [4.69, 9.17) is 0 Å². The van der Waals surface area contributed by atoms with Crippen molar-refractivity contribution in [2.24, 2.45) is 0 Å². The second-order valence-corrected chi connectivity index (χ2v) is 6.17. The van der Waals surface area contributed by atoms with E-state index < -0.39 is 22.7 Å². The monoisotopic (exact) mass is 310 g/mol. The summed E-state index contributed by atoms with van der Waals surface area (Å²) in [5.41, 5.74) is 0.682. The zero-order valence-corrected chi connectivity index (χ0v) is 12.1. The van der Waals surface area contributed by atoms with Crippen molar-refractivity contribution in [2.75, 3.05) is 25.5 Å². The minimum Gasteiger partial charge on any atom is -0.388 e. The molecule has 0 saturated heterocycles. The molecule has 0 spiro atoms. The van der Waals surface area contributed by atoms with Crippen molar-refractivity contribution < 1.29 is 21.6 Å². The summed E-state index contributed by atoms with van der Waals surface area (Å²) in [5.74, 6) is 0. The lowest BCUT2D eigenvalue weighted by molar-refractivity contribution is -0.136. The Labute approximate surface area is 116 Å². The molecule has 0 atom stereocenters. The quantitative estimate of drug-likeness (QED) is 0.879. The normalized spacial score (nSPS) is 12.7. The van der Waals surface area contributed by atoms with Crippen LogP contribution in [0.1, 0.15) is 13.3 Å². The van der Waals surface area contributed by atoms with E-state index in [0.29, 0.717) is 16.4 Å². The third kappa shape index (κ3) is 4.38. The van der Waals surface area contributed by atoms with Crippen molar-refractivity contribution in [1.82, 2.24) is 4.31 Å². The van der Waals surface area contributed by atoms with Crippen LogP contribution in [0.5, 0.6) is 0 Å². The summed E-state index contributed by atoms with van der Waals surface area (Å²) in [5, 5.41) is 2.81. The number of nitrogens with one attached hydrogen (secondary N) is 1. The molecule has 1 aromatic rings. The van der Waals surface area contributed by atoms with Gasteiger partial charge in [-0.25, -0.2) is 8.42 Å². The van der Waals surface area contributed by atoms with Gasteiger partial charge in [-0.2, -0.15) is 17.5 Å². The molecule has 0 aromatic heterocycles. The molecule has 0 heterocycles. The first-order valence-electron chi connectivity index (χ1n) is 6.05. The molecule has 0 saturated carbocycles. The number of alkyl halides is 3. The van der Waals surface area contributed by atoms with E-state index in [1.165, 1.54) is 24.3 Å². The predicted molar refractivity (Wildman–Crippen MR) is 71.1 cm³/mol. The van der Waals surface area contributed by atoms with Crippen molar-refractivity contribution >= 4 is 15.7 Å². The van der Waals surface area contributed by atoms with E-state index in [9.17, 15) is 21.6 Å². The highest BCUT2D eigenvalue weighted by Crippen LogP contribution is 2.23. The minimum atomic E-state index is -4.56. The number of sulfonamides is 1. The van der Waals surface area contributed by atoms with Crippen LogP contribution in [0, 0.1) is 0 Å². The van der Waals surface area contributed by atoms with Gasteiger partial charge in [0.2, 0.25) is 10.0 Å². The first-order valence-corrected chi connectivity index (χ1v) is 7.49. The van der Waals surface area contributed by atoms with Crippen LogP contribution in [0.3, 0.4) is 0 Å². The highest BCUT2D eigenvalue weighted by Gasteiger charge is 2.36. The fourth-order valence-corrected chi connectivity index (χ4v) is 3.19. The molecule has 0 amide bonds. The van der Waals surface area contributed by atoms with Crippen molar-refractivity contribution in [3.63, 3.8) is 0 Å². The van der Waals surface area contributed by atoms with E-state index in [1.807, 2.05) is 0 Å². The maximum Gasteiger partial charge on any atom is 0.402 e. The standard InChI is InChI=1S/C12H17F3N2O2S/c1-3-8-17(9-12(13,14)15)20(18,19)11-6-4-10(16-2)5-7-11/h4-7,16H,3,8-9H2,1-2H3. The summed E-state index contributed by atoms with van der Waals surface area (Å²) in [7, 11) is -2.47. The Morgan fingerprint density at radius 1 is 1.20 bits per heavy atom. The summed E-state index contributed by atoms with van der Waals surface area (Å²) < 4.78 is 62.3. The molecule has 114 valence electrons. The van der Waals surface area contributed by atoms with Gasteiger partial charge in [0, 0.05) is 19.3 Å². The molecule has 4 nitrogen and oxygen atoms in total. The third-order valence-corrected chi connectivity index (χ3v) is 4.47. The summed E-state index contributed by atoms with van der Waals surface area (Å²) in [6.07, 6.45) is -4.25. The number of anilines is 1. The van der Waals surface area contributed by atoms with Crippen molar-refractivity contribution in [2.45, 2.75) is 24.4 Å². The number of benzene rings is 1. The highest BCUT2D eigenvalue weighted by molar-refractivity contribution is 7.89. The fourth-order valence-electron chi connectivity index (χ4n) is 1.68. The van der Waals surface area contributed by atoms with Gasteiger partial charge in [0.15, 0.2) is 0 Å². The highest BCUT2D eigenvalue weighted by atomic mass is 32.2. The van der Waals surface area contributed by atoms with Gasteiger partial charge in [0.1, 0.15) is 6.54 Å². The SMILES string of the molecule is CCCN(CC(F)(F)F)S(=O)(=O)c1ccc(NC)cc1. The van der Waals surface area contributed by atoms with E-state index in [-0.39, 0.29) is 11.4 Å². The number of hydrogen-bond acceptors (Lipinski definition) is 3. The van der Waals surface area contributed by atoms with Gasteiger partial charge in [-0.1, -0.05) is 6.92 Å². The van der Waals surface area contributed by atoms with Crippen molar-refractivity contribution in [3.05, 3.63) is 24.3 Å². The Kier molecular flexibility index (Phi) is 5.41. The van der Waals surface area contributed by atoms with E-state index >= 15 is 0 Å². The van der Waals surface area contributed by atoms with Gasteiger partial charge in [-0.05, 0) is 30.7 Å². The summed E-state index contributed by atoms with van der Waals surface area (Å²) in [4.78, 5) is -0.144. The van der Waals surface area contributed by atoms with E-state index in [0.717, 1.165) is 0 Å². The molecule has 0 aliphatic carbocycles. The van der Waals surface area contributed by atoms with Gasteiger partial charge in [0.05, 0.1) is 4.90 Å². The van der Waals surface area contributed by atoms with E-state index in [1.54, 1.807) is 14.0 Å². The Bertz CT molecular complexity index is 527. The Hall–Kier alpha value is -1.28. The average molecular weight is 310 g/mol. The summed E-state index contributed by atoms with van der Waals surface area (Å²) in [6.45, 7) is -0.0183. The molecular formula is C12H17F3N2O2S. The lowest BCUT2D eigenvalue weighted by Gasteiger charge is -2.23. The van der Waals surface area contributed by atoms with Gasteiger partial charge in [0.25, 0.3) is 0 Å². The van der Waals surface area contributed by atoms with Crippen LogP contribution in [0.2, 0.25) is 0 Å². The van der Waals surface area contributed by atoms with Crippen molar-refractivity contribution in [3.8, 4) is 0 Å². The van der Waals surface area contributed by atoms with Crippen LogP contribution in [0.15, 0.2) is 29.2 Å². The van der Waals surface area contributed by atoms with Crippen LogP contribution in [0.25, 0.3) is 0 Å². The zero-order valence-electron chi connectivity index (χ0n) is 11.2. The van der Waals surface area contributed by atoms with Crippen molar-refractivity contribution in [1.29, 1.82) is 0 Å². The van der Waals surface area contributed by atoms with Crippen LogP contribution < -0.4 is 5.32 Å². The lowest BCUT2D eigenvalue weighted by atomic mass is 10.3. The van der Waals surface area contributed by atoms with E-state index in [2.05, 4.69) is 5.32 Å². The largest absolute Gasteiger partial charge is 0.402 e. The maximum absolute atomic E-state index is 12.5. The molecule has 1 N–H and O–H groups in total. The molecule has 20 heavy (non-hydrogen) atoms. The lowest BCUT2D eigenvalue weighted by Crippen LogP contribution is -2.39. The van der Waals surface area contributed by atoms with Crippen LogP contribution in [-0.4, -0.2) is 39.0 Å². The van der Waals surface area contributed by atoms with Crippen LogP contribution in [-0.2, 0) is 10.0 Å². The molecule has 0 aliphatic rings. The second kappa shape index (κ2) is 6.45. The molecule has 0 aliphatic heterocycles. The predicted octanol–water partition coefficient (Wildman–Crippen LogP) is 2.69. The number of rotatable bonds is 6. The number of hydrogen-bond donors (Lipinski definition) is 1. The number of halogens is 3. The molecule has 0 unspecified atom stereocenters. The summed E-state index contributed by atoms with van der Waals surface area (Å²) >= 11 is 0. The molecule has 0 bridgehead atoms. The molecule has 8 heteroatoms. The fraction of sp³-hybridized carbons (Fsp3) is 0.500. The second-order valence-electron chi connectivity index (χ2n) is 4.23. The molecule has 0 fully saturated rings. The molecule has 0 radical (unpaired) electrons. The number of nitrogens with zero attached hydrogens (tertiary/aromatic N) is 1. The Balaban J connectivity index is 3.08. The minimum absolute atomic E-state index is 0.144. The van der Waals surface area contributed by atoms with Gasteiger partial charge >= 0.3 is 6.18 Å². The van der Waals surface area contributed by atoms with Crippen LogP contribution >= 0.6 is 0 Å².